The van der Waals surface area contributed by atoms with Crippen LogP contribution in [0, 0.1) is 5.82 Å². The van der Waals surface area contributed by atoms with Gasteiger partial charge in [-0.2, -0.15) is 10.2 Å². The lowest BCUT2D eigenvalue weighted by Crippen LogP contribution is -2.29. The van der Waals surface area contributed by atoms with Crippen LogP contribution in [0.15, 0.2) is 48.9 Å². The lowest BCUT2D eigenvalue weighted by atomic mass is 9.93. The van der Waals surface area contributed by atoms with E-state index in [-0.39, 0.29) is 30.6 Å². The molecule has 3 aromatic heterocycles. The first-order valence-corrected chi connectivity index (χ1v) is 11.9. The number of rotatable bonds is 8. The van der Waals surface area contributed by atoms with Crippen molar-refractivity contribution in [1.29, 1.82) is 0 Å². The van der Waals surface area contributed by atoms with Gasteiger partial charge in [-0.25, -0.2) is 9.37 Å². The zero-order chi connectivity index (χ0) is 24.4. The molecule has 184 valence electrons. The zero-order valence-electron chi connectivity index (χ0n) is 19.6. The number of fused-ring (bicyclic) bond motifs is 1. The quantitative estimate of drug-likeness (QED) is 0.355. The monoisotopic (exact) mass is 479 g/mol. The van der Waals surface area contributed by atoms with Gasteiger partial charge in [0.2, 0.25) is 0 Å². The van der Waals surface area contributed by atoms with Crippen molar-refractivity contribution in [3.63, 3.8) is 0 Å². The fourth-order valence-corrected chi connectivity index (χ4v) is 4.67. The van der Waals surface area contributed by atoms with Crippen molar-refractivity contribution >= 4 is 16.7 Å². The maximum atomic E-state index is 14.0. The first kappa shape index (κ1) is 23.3. The number of aliphatic hydroxyl groups is 1. The highest BCUT2D eigenvalue weighted by Gasteiger charge is 2.27. The minimum atomic E-state index is -0.376. The van der Waals surface area contributed by atoms with Gasteiger partial charge in [0.25, 0.3) is 0 Å². The highest BCUT2D eigenvalue weighted by Crippen LogP contribution is 2.36. The van der Waals surface area contributed by atoms with Gasteiger partial charge in [-0.15, -0.1) is 0 Å². The molecular formula is C25H30FN7O2. The Kier molecular flexibility index (Phi) is 6.65. The number of aromatic nitrogens is 5. The Labute approximate surface area is 202 Å². The summed E-state index contributed by atoms with van der Waals surface area (Å²) in [6.45, 7) is 0.316. The molecule has 3 heterocycles. The number of hydrogen-bond donors (Lipinski definition) is 3. The Balaban J connectivity index is 1.40. The molecule has 0 spiro atoms. The number of nitrogens with one attached hydrogen (secondary N) is 1. The smallest absolute Gasteiger partial charge is 0.165 e. The Morgan fingerprint density at radius 1 is 1.23 bits per heavy atom. The molecule has 1 aromatic carbocycles. The van der Waals surface area contributed by atoms with Crippen LogP contribution in [-0.4, -0.2) is 55.5 Å². The molecule has 9 nitrogen and oxygen atoms in total. The van der Waals surface area contributed by atoms with E-state index in [2.05, 4.69) is 20.1 Å². The minimum Gasteiger partial charge on any atom is -0.487 e. The third-order valence-electron chi connectivity index (χ3n) is 6.53. The van der Waals surface area contributed by atoms with Gasteiger partial charge >= 0.3 is 0 Å². The highest BCUT2D eigenvalue weighted by molar-refractivity contribution is 5.93. The molecule has 1 aliphatic rings. The van der Waals surface area contributed by atoms with Crippen molar-refractivity contribution in [3.8, 4) is 17.0 Å². The van der Waals surface area contributed by atoms with Crippen LogP contribution in [-0.2, 0) is 6.54 Å². The highest BCUT2D eigenvalue weighted by atomic mass is 19.1. The molecule has 10 heteroatoms. The van der Waals surface area contributed by atoms with Gasteiger partial charge < -0.3 is 20.9 Å². The Morgan fingerprint density at radius 3 is 2.77 bits per heavy atom. The Morgan fingerprint density at radius 2 is 2.03 bits per heavy atom. The summed E-state index contributed by atoms with van der Waals surface area (Å²) in [5.74, 6) is 0.752. The van der Waals surface area contributed by atoms with Gasteiger partial charge in [0.1, 0.15) is 11.5 Å². The fraction of sp³-hybridized carbons (Fsp3) is 0.400. The first-order chi connectivity index (χ1) is 17.1. The van der Waals surface area contributed by atoms with Crippen molar-refractivity contribution in [2.45, 2.75) is 50.4 Å². The first-order valence-electron chi connectivity index (χ1n) is 11.9. The number of ether oxygens (including phenoxy) is 1. The van der Waals surface area contributed by atoms with Crippen molar-refractivity contribution in [3.05, 3.63) is 54.7 Å². The van der Waals surface area contributed by atoms with Crippen molar-refractivity contribution in [2.75, 3.05) is 19.0 Å². The summed E-state index contributed by atoms with van der Waals surface area (Å²) in [5, 5.41) is 22.7. The number of hydrogen-bond acceptors (Lipinski definition) is 7. The summed E-state index contributed by atoms with van der Waals surface area (Å²) < 4.78 is 23.8. The average molecular weight is 480 g/mol. The molecular weight excluding hydrogens is 449 g/mol. The van der Waals surface area contributed by atoms with E-state index in [1.54, 1.807) is 29.1 Å². The maximum Gasteiger partial charge on any atom is 0.165 e. The summed E-state index contributed by atoms with van der Waals surface area (Å²) in [7, 11) is 1.84. The minimum absolute atomic E-state index is 0.0204. The van der Waals surface area contributed by atoms with Gasteiger partial charge in [-0.3, -0.25) is 9.36 Å². The van der Waals surface area contributed by atoms with E-state index in [1.165, 1.54) is 6.07 Å². The predicted molar refractivity (Wildman–Crippen MR) is 132 cm³/mol. The number of benzene rings is 1. The molecule has 4 aromatic rings. The lowest BCUT2D eigenvalue weighted by molar-refractivity contribution is 0.126. The van der Waals surface area contributed by atoms with E-state index in [0.29, 0.717) is 12.3 Å². The van der Waals surface area contributed by atoms with E-state index < -0.39 is 0 Å². The Hall–Kier alpha value is -3.50. The van der Waals surface area contributed by atoms with Gasteiger partial charge in [0.05, 0.1) is 37.0 Å². The van der Waals surface area contributed by atoms with Crippen LogP contribution >= 0.6 is 0 Å². The summed E-state index contributed by atoms with van der Waals surface area (Å²) >= 11 is 0. The van der Waals surface area contributed by atoms with Crippen molar-refractivity contribution < 1.29 is 14.2 Å². The maximum absolute atomic E-state index is 14.0. The van der Waals surface area contributed by atoms with E-state index in [9.17, 15) is 9.50 Å². The van der Waals surface area contributed by atoms with Gasteiger partial charge in [0, 0.05) is 42.5 Å². The summed E-state index contributed by atoms with van der Waals surface area (Å²) in [5.41, 5.74) is 8.54. The molecule has 1 aliphatic carbocycles. The molecule has 1 saturated carbocycles. The van der Waals surface area contributed by atoms with Crippen LogP contribution in [0.4, 0.5) is 10.2 Å². The van der Waals surface area contributed by atoms with Crippen molar-refractivity contribution in [1.82, 2.24) is 24.5 Å². The molecule has 4 N–H and O–H groups in total. The van der Waals surface area contributed by atoms with Gasteiger partial charge in [-0.05, 0) is 37.8 Å². The molecule has 0 saturated heterocycles. The molecule has 0 radical (unpaired) electrons. The molecule has 0 bridgehead atoms. The molecule has 35 heavy (non-hydrogen) atoms. The van der Waals surface area contributed by atoms with Crippen LogP contribution in [0.2, 0.25) is 0 Å². The number of aliphatic hydroxyl groups excluding tert-OH is 1. The number of nitrogens with two attached hydrogens (primary N) is 1. The summed E-state index contributed by atoms with van der Waals surface area (Å²) in [4.78, 5) is 4.51. The number of para-hydroxylation sites is 1. The zero-order valence-corrected chi connectivity index (χ0v) is 19.6. The van der Waals surface area contributed by atoms with E-state index in [1.807, 2.05) is 25.5 Å². The van der Waals surface area contributed by atoms with Gasteiger partial charge in [0.15, 0.2) is 11.6 Å². The van der Waals surface area contributed by atoms with E-state index in [0.717, 1.165) is 53.7 Å². The predicted octanol–water partition coefficient (Wildman–Crippen LogP) is 3.36. The van der Waals surface area contributed by atoms with Crippen molar-refractivity contribution in [2.24, 2.45) is 5.73 Å². The third-order valence-corrected chi connectivity index (χ3v) is 6.53. The molecule has 0 amide bonds. The topological polar surface area (TPSA) is 116 Å². The summed E-state index contributed by atoms with van der Waals surface area (Å²) in [6, 6.07) is 8.38. The standard InChI is InChI=1S/C25H30FN7O2/c1-28-24-10-22-20(12-29-24)25(16-11-30-32(13-16)14-17(27)15-34)31-33(22)18-6-8-19(9-7-18)35-23-5-3-2-4-21(23)26/h2-5,10-13,17-19,34H,6-9,14-15,27H2,1H3,(H,28,29)/t17-,18-,19+/m1/s1. The molecule has 0 unspecified atom stereocenters. The number of anilines is 1. The third kappa shape index (κ3) is 4.85. The molecule has 0 aliphatic heterocycles. The number of halogens is 1. The molecule has 1 atom stereocenters. The van der Waals surface area contributed by atoms with Gasteiger partial charge in [-0.1, -0.05) is 12.1 Å². The second-order valence-corrected chi connectivity index (χ2v) is 9.00. The fourth-order valence-electron chi connectivity index (χ4n) is 4.67. The number of nitrogens with zero attached hydrogens (tertiary/aromatic N) is 5. The van der Waals surface area contributed by atoms with E-state index in [4.69, 9.17) is 15.6 Å². The van der Waals surface area contributed by atoms with Crippen LogP contribution in [0.3, 0.4) is 0 Å². The second kappa shape index (κ2) is 10.0. The van der Waals surface area contributed by atoms with Crippen LogP contribution in [0.25, 0.3) is 22.2 Å². The largest absolute Gasteiger partial charge is 0.487 e. The SMILES string of the molecule is CNc1cc2c(cn1)c(-c1cnn(C[C@@H](N)CO)c1)nn2[C@H]1CC[C@@H](Oc2ccccc2F)CC1. The Bertz CT molecular complexity index is 1300. The normalized spacial score (nSPS) is 19.1. The summed E-state index contributed by atoms with van der Waals surface area (Å²) in [6.07, 6.45) is 8.85. The average Bonchev–Trinajstić information content (AvgIpc) is 3.50. The molecule has 1 fully saturated rings. The van der Waals surface area contributed by atoms with Crippen LogP contribution < -0.4 is 15.8 Å². The lowest BCUT2D eigenvalue weighted by Gasteiger charge is -2.29. The molecule has 5 rings (SSSR count). The van der Waals surface area contributed by atoms with E-state index >= 15 is 0 Å². The van der Waals surface area contributed by atoms with Crippen LogP contribution in [0.1, 0.15) is 31.7 Å². The number of pyridine rings is 1. The van der Waals surface area contributed by atoms with Crippen LogP contribution in [0.5, 0.6) is 5.75 Å². The second-order valence-electron chi connectivity index (χ2n) is 9.00.